The van der Waals surface area contributed by atoms with Crippen LogP contribution in [0, 0.1) is 11.8 Å². The maximum atomic E-state index is 13.5. The van der Waals surface area contributed by atoms with E-state index in [-0.39, 0.29) is 11.9 Å². The third kappa shape index (κ3) is 38.8. The predicted octanol–water partition coefficient (Wildman–Crippen LogP) is 7.45. The van der Waals surface area contributed by atoms with Crippen LogP contribution in [0.2, 0.25) is 0 Å². The summed E-state index contributed by atoms with van der Waals surface area (Å²) in [6, 6.07) is 0. The Kier molecular flexibility index (Phi) is 48.8. The van der Waals surface area contributed by atoms with E-state index in [1.807, 2.05) is 62.3 Å². The molecule has 3 unspecified atom stereocenters. The van der Waals surface area contributed by atoms with Gasteiger partial charge < -0.3 is 4.74 Å². The van der Waals surface area contributed by atoms with E-state index in [9.17, 15) is 9.18 Å². The summed E-state index contributed by atoms with van der Waals surface area (Å²) in [5, 5.41) is 0. The highest BCUT2D eigenvalue weighted by molar-refractivity contribution is 5.65. The third-order valence-electron chi connectivity index (χ3n) is 2.58. The number of hydrogen-bond acceptors (Lipinski definition) is 2. The molecule has 0 saturated carbocycles. The Labute approximate surface area is 147 Å². The van der Waals surface area contributed by atoms with E-state index in [1.165, 1.54) is 6.92 Å². The first-order chi connectivity index (χ1) is 11.0. The van der Waals surface area contributed by atoms with E-state index in [4.69, 9.17) is 4.74 Å². The minimum Gasteiger partial charge on any atom is -0.466 e. The fourth-order valence-corrected chi connectivity index (χ4v) is 1.46. The largest absolute Gasteiger partial charge is 0.466 e. The van der Waals surface area contributed by atoms with E-state index in [2.05, 4.69) is 13.8 Å². The average molecular weight is 339 g/mol. The zero-order chi connectivity index (χ0) is 19.8. The number of rotatable bonds is 7. The van der Waals surface area contributed by atoms with Gasteiger partial charge >= 0.3 is 5.97 Å². The molecule has 3 heteroatoms. The second-order valence-electron chi connectivity index (χ2n) is 4.49. The molecule has 146 valence electrons. The van der Waals surface area contributed by atoms with Crippen molar-refractivity contribution in [2.24, 2.45) is 11.8 Å². The molecule has 2 nitrogen and oxygen atoms in total. The lowest BCUT2D eigenvalue weighted by molar-refractivity contribution is -0.142. The second-order valence-corrected chi connectivity index (χ2v) is 4.49. The molecule has 23 heavy (non-hydrogen) atoms. The van der Waals surface area contributed by atoms with Crippen molar-refractivity contribution in [3.63, 3.8) is 0 Å². The van der Waals surface area contributed by atoms with Gasteiger partial charge in [-0.1, -0.05) is 82.6 Å². The molecule has 0 aliphatic rings. The molecular weight excluding hydrogens is 291 g/mol. The molecule has 0 aromatic carbocycles. The summed E-state index contributed by atoms with van der Waals surface area (Å²) in [6.07, 6.45) is 1.34. The topological polar surface area (TPSA) is 26.3 Å². The van der Waals surface area contributed by atoms with Gasteiger partial charge in [-0.15, -0.1) is 0 Å². The van der Waals surface area contributed by atoms with Gasteiger partial charge in [0, 0.05) is 6.92 Å². The number of halogens is 1. The molecule has 0 aliphatic carbocycles. The first kappa shape index (κ1) is 33.9. The summed E-state index contributed by atoms with van der Waals surface area (Å²) in [5.41, 5.74) is 0. The fourth-order valence-electron chi connectivity index (χ4n) is 1.46. The molecule has 0 spiro atoms. The molecule has 0 aliphatic heterocycles. The SMILES string of the molecule is CC.CC.CC.CC.CCC(C)CC(F)CC(C)COC(C)=O. The lowest BCUT2D eigenvalue weighted by Crippen LogP contribution is -2.16. The first-order valence-electron chi connectivity index (χ1n) is 9.73. The van der Waals surface area contributed by atoms with Crippen LogP contribution in [0.3, 0.4) is 0 Å². The van der Waals surface area contributed by atoms with E-state index in [0.717, 1.165) is 6.42 Å². The number of hydrogen-bond donors (Lipinski definition) is 0. The number of esters is 1. The van der Waals surface area contributed by atoms with Crippen molar-refractivity contribution in [3.8, 4) is 0 Å². The Bertz CT molecular complexity index is 184. The molecule has 0 aromatic rings. The molecule has 0 amide bonds. The third-order valence-corrected chi connectivity index (χ3v) is 2.58. The lowest BCUT2D eigenvalue weighted by atomic mass is 9.96. The van der Waals surface area contributed by atoms with E-state index in [1.54, 1.807) is 0 Å². The zero-order valence-corrected chi connectivity index (χ0v) is 18.3. The van der Waals surface area contributed by atoms with E-state index >= 15 is 0 Å². The van der Waals surface area contributed by atoms with Crippen LogP contribution in [-0.2, 0) is 9.53 Å². The van der Waals surface area contributed by atoms with Gasteiger partial charge in [-0.25, -0.2) is 4.39 Å². The molecular formula is C20H47FO2. The molecule has 3 atom stereocenters. The van der Waals surface area contributed by atoms with E-state index in [0.29, 0.717) is 25.4 Å². The van der Waals surface area contributed by atoms with Crippen LogP contribution in [0.15, 0.2) is 0 Å². The maximum Gasteiger partial charge on any atom is 0.302 e. The van der Waals surface area contributed by atoms with Crippen LogP contribution in [0.25, 0.3) is 0 Å². The maximum absolute atomic E-state index is 13.5. The predicted molar refractivity (Wildman–Crippen MR) is 105 cm³/mol. The highest BCUT2D eigenvalue weighted by Gasteiger charge is 2.15. The molecule has 0 heterocycles. The van der Waals surface area contributed by atoms with Crippen molar-refractivity contribution in [1.82, 2.24) is 0 Å². The highest BCUT2D eigenvalue weighted by atomic mass is 19.1. The summed E-state index contributed by atoms with van der Waals surface area (Å²) in [4.78, 5) is 10.5. The highest BCUT2D eigenvalue weighted by Crippen LogP contribution is 2.18. The first-order valence-corrected chi connectivity index (χ1v) is 9.73. The van der Waals surface area contributed by atoms with Crippen molar-refractivity contribution in [2.45, 2.75) is 109 Å². The Balaban J connectivity index is -0.000000116. The van der Waals surface area contributed by atoms with Crippen LogP contribution in [0.5, 0.6) is 0 Å². The van der Waals surface area contributed by atoms with Crippen molar-refractivity contribution >= 4 is 5.97 Å². The van der Waals surface area contributed by atoms with Crippen LogP contribution in [0.1, 0.15) is 102 Å². The zero-order valence-electron chi connectivity index (χ0n) is 18.3. The number of ether oxygens (including phenoxy) is 1. The summed E-state index contributed by atoms with van der Waals surface area (Å²) in [6.45, 7) is 23.7. The summed E-state index contributed by atoms with van der Waals surface area (Å²) < 4.78 is 18.3. The Morgan fingerprint density at radius 3 is 1.52 bits per heavy atom. The second kappa shape index (κ2) is 33.1. The molecule has 0 bridgehead atoms. The number of carbonyl (C=O) groups excluding carboxylic acids is 1. The van der Waals surface area contributed by atoms with Crippen LogP contribution < -0.4 is 0 Å². The summed E-state index contributed by atoms with van der Waals surface area (Å²) in [7, 11) is 0. The Hall–Kier alpha value is -0.600. The van der Waals surface area contributed by atoms with Crippen LogP contribution in [-0.4, -0.2) is 18.7 Å². The normalized spacial score (nSPS) is 12.0. The van der Waals surface area contributed by atoms with Gasteiger partial charge in [-0.3, -0.25) is 4.79 Å². The average Bonchev–Trinajstić information content (AvgIpc) is 2.60. The molecule has 0 radical (unpaired) electrons. The quantitative estimate of drug-likeness (QED) is 0.450. The Morgan fingerprint density at radius 2 is 1.22 bits per heavy atom. The number of alkyl halides is 1. The van der Waals surface area contributed by atoms with Crippen molar-refractivity contribution in [3.05, 3.63) is 0 Å². The van der Waals surface area contributed by atoms with Gasteiger partial charge in [0.1, 0.15) is 6.17 Å². The van der Waals surface area contributed by atoms with Gasteiger partial charge in [0.25, 0.3) is 0 Å². The molecule has 0 aromatic heterocycles. The van der Waals surface area contributed by atoms with Gasteiger partial charge in [-0.2, -0.15) is 0 Å². The molecule has 0 rings (SSSR count). The van der Waals surface area contributed by atoms with Crippen molar-refractivity contribution in [1.29, 1.82) is 0 Å². The Morgan fingerprint density at radius 1 is 0.870 bits per heavy atom. The van der Waals surface area contributed by atoms with Crippen molar-refractivity contribution in [2.75, 3.05) is 6.61 Å². The standard InChI is InChI=1S/C12H23FO2.4C2H6/c1-5-9(2)6-12(13)7-10(3)8-15-11(4)14;4*1-2/h9-10,12H,5-8H2,1-4H3;4*1-2H3. The minimum absolute atomic E-state index is 0.105. The molecule has 0 N–H and O–H groups in total. The van der Waals surface area contributed by atoms with Gasteiger partial charge in [0.15, 0.2) is 0 Å². The van der Waals surface area contributed by atoms with Crippen LogP contribution in [0.4, 0.5) is 4.39 Å². The monoisotopic (exact) mass is 338 g/mol. The number of carbonyl (C=O) groups is 1. The van der Waals surface area contributed by atoms with Gasteiger partial charge in [-0.05, 0) is 24.7 Å². The van der Waals surface area contributed by atoms with E-state index < -0.39 is 6.17 Å². The lowest BCUT2D eigenvalue weighted by Gasteiger charge is -2.17. The fraction of sp³-hybridized carbons (Fsp3) is 0.950. The van der Waals surface area contributed by atoms with Crippen LogP contribution >= 0.6 is 0 Å². The summed E-state index contributed by atoms with van der Waals surface area (Å²) in [5.74, 6) is 0.244. The minimum atomic E-state index is -0.773. The van der Waals surface area contributed by atoms with Crippen molar-refractivity contribution < 1.29 is 13.9 Å². The van der Waals surface area contributed by atoms with Gasteiger partial charge in [0.2, 0.25) is 0 Å². The summed E-state index contributed by atoms with van der Waals surface area (Å²) >= 11 is 0. The molecule has 0 saturated heterocycles. The smallest absolute Gasteiger partial charge is 0.302 e. The van der Waals surface area contributed by atoms with Gasteiger partial charge in [0.05, 0.1) is 6.61 Å². The molecule has 0 fully saturated rings.